The monoisotopic (exact) mass is 517 g/mol. The number of carbonyl (C=O) groups excluding carboxylic acids is 1. The van der Waals surface area contributed by atoms with E-state index < -0.39 is 10.0 Å². The molecule has 182 valence electrons. The summed E-state index contributed by atoms with van der Waals surface area (Å²) in [6.45, 7) is 0.153. The van der Waals surface area contributed by atoms with Gasteiger partial charge in [-0.3, -0.25) is 9.10 Å². The Kier molecular flexibility index (Phi) is 6.51. The molecule has 0 saturated carbocycles. The van der Waals surface area contributed by atoms with Crippen molar-refractivity contribution in [1.29, 1.82) is 0 Å². The molecule has 4 aromatic carbocycles. The van der Waals surface area contributed by atoms with Crippen LogP contribution in [0.3, 0.4) is 0 Å². The van der Waals surface area contributed by atoms with Gasteiger partial charge in [0.15, 0.2) is 0 Å². The van der Waals surface area contributed by atoms with E-state index in [-0.39, 0.29) is 12.5 Å². The molecule has 0 heterocycles. The molecule has 0 saturated heterocycles. The molecule has 8 heteroatoms. The number of hydrogen-bond donors (Lipinski definition) is 1. The molecule has 1 N–H and O–H groups in total. The Labute approximate surface area is 215 Å². The lowest BCUT2D eigenvalue weighted by atomic mass is 10.0. The minimum Gasteiger partial charge on any atom is -0.267 e. The Morgan fingerprint density at radius 3 is 2.36 bits per heavy atom. The molecule has 1 aliphatic carbocycles. The average molecular weight is 518 g/mol. The topological polar surface area (TPSA) is 78.8 Å². The Morgan fingerprint density at radius 1 is 0.972 bits per heavy atom. The van der Waals surface area contributed by atoms with Crippen molar-refractivity contribution in [1.82, 2.24) is 5.43 Å². The molecular formula is C28H24ClN3O3S. The number of hydrogen-bond acceptors (Lipinski definition) is 4. The minimum absolute atomic E-state index is 0.153. The van der Waals surface area contributed by atoms with E-state index >= 15 is 0 Å². The zero-order valence-corrected chi connectivity index (χ0v) is 21.2. The van der Waals surface area contributed by atoms with E-state index in [4.69, 9.17) is 11.6 Å². The van der Waals surface area contributed by atoms with Crippen LogP contribution in [0, 0.1) is 0 Å². The second-order valence-corrected chi connectivity index (χ2v) is 11.1. The number of benzene rings is 4. The lowest BCUT2D eigenvalue weighted by Gasteiger charge is -2.22. The van der Waals surface area contributed by atoms with E-state index in [1.165, 1.54) is 20.8 Å². The van der Waals surface area contributed by atoms with Crippen molar-refractivity contribution in [2.24, 2.45) is 5.10 Å². The van der Waals surface area contributed by atoms with E-state index in [9.17, 15) is 13.2 Å². The smallest absolute Gasteiger partial charge is 0.267 e. The lowest BCUT2D eigenvalue weighted by Crippen LogP contribution is -2.29. The fraction of sp³-hybridized carbons (Fsp3) is 0.143. The molecule has 0 unspecified atom stereocenters. The lowest BCUT2D eigenvalue weighted by molar-refractivity contribution is 0.0955. The van der Waals surface area contributed by atoms with Gasteiger partial charge in [0.2, 0.25) is 10.0 Å². The van der Waals surface area contributed by atoms with Crippen molar-refractivity contribution < 1.29 is 13.2 Å². The summed E-state index contributed by atoms with van der Waals surface area (Å²) in [6.07, 6.45) is 4.91. The molecule has 0 radical (unpaired) electrons. The zero-order valence-electron chi connectivity index (χ0n) is 19.6. The number of halogens is 1. The molecule has 5 rings (SSSR count). The van der Waals surface area contributed by atoms with E-state index in [0.717, 1.165) is 35.6 Å². The summed E-state index contributed by atoms with van der Waals surface area (Å²) in [7, 11) is -3.55. The molecule has 0 fully saturated rings. The van der Waals surface area contributed by atoms with E-state index in [1.807, 2.05) is 6.07 Å². The molecular weight excluding hydrogens is 494 g/mol. The molecule has 0 aliphatic heterocycles. The highest BCUT2D eigenvalue weighted by Gasteiger charge is 2.19. The van der Waals surface area contributed by atoms with E-state index in [1.54, 1.807) is 54.7 Å². The second-order valence-electron chi connectivity index (χ2n) is 8.80. The third-order valence-corrected chi connectivity index (χ3v) is 7.73. The molecule has 0 atom stereocenters. The first kappa shape index (κ1) is 24.0. The summed E-state index contributed by atoms with van der Waals surface area (Å²) >= 11 is 5.93. The minimum atomic E-state index is -3.55. The number of amides is 1. The SMILES string of the molecule is CS(=O)(=O)N(Cc1ccc(Cl)cc1)c1ccc(C(=O)N/N=C\c2ccc3c4c(cccc24)CC3)cc1. The number of nitrogens with one attached hydrogen (secondary N) is 1. The number of hydrazone groups is 1. The van der Waals surface area contributed by atoms with Crippen LogP contribution in [0.4, 0.5) is 5.69 Å². The van der Waals surface area contributed by atoms with Gasteiger partial charge in [-0.25, -0.2) is 13.8 Å². The Morgan fingerprint density at radius 2 is 1.67 bits per heavy atom. The first-order chi connectivity index (χ1) is 17.3. The summed E-state index contributed by atoms with van der Waals surface area (Å²) in [5, 5.41) is 7.17. The Hall–Kier alpha value is -3.68. The first-order valence-corrected chi connectivity index (χ1v) is 13.7. The number of aryl methyl sites for hydroxylation is 2. The third kappa shape index (κ3) is 4.98. The molecule has 0 bridgehead atoms. The van der Waals surface area contributed by atoms with Gasteiger partial charge in [0.25, 0.3) is 5.91 Å². The highest BCUT2D eigenvalue weighted by Crippen LogP contribution is 2.32. The van der Waals surface area contributed by atoms with E-state index in [0.29, 0.717) is 16.3 Å². The van der Waals surface area contributed by atoms with Crippen LogP contribution in [-0.2, 0) is 29.4 Å². The highest BCUT2D eigenvalue weighted by atomic mass is 35.5. The molecule has 1 aliphatic rings. The number of carbonyl (C=O) groups is 1. The quantitative estimate of drug-likeness (QED) is 0.266. The van der Waals surface area contributed by atoms with Crippen LogP contribution >= 0.6 is 11.6 Å². The maximum absolute atomic E-state index is 12.6. The molecule has 6 nitrogen and oxygen atoms in total. The van der Waals surface area contributed by atoms with Gasteiger partial charge < -0.3 is 0 Å². The number of sulfonamides is 1. The number of rotatable bonds is 7. The van der Waals surface area contributed by atoms with Crippen LogP contribution in [0.15, 0.2) is 84.0 Å². The molecule has 1 amide bonds. The largest absolute Gasteiger partial charge is 0.271 e. The van der Waals surface area contributed by atoms with Gasteiger partial charge in [-0.15, -0.1) is 0 Å². The fourth-order valence-corrected chi connectivity index (χ4v) is 5.56. The highest BCUT2D eigenvalue weighted by molar-refractivity contribution is 7.92. The van der Waals surface area contributed by atoms with E-state index in [2.05, 4.69) is 34.8 Å². The summed E-state index contributed by atoms with van der Waals surface area (Å²) in [6, 6.07) is 23.8. The normalized spacial score (nSPS) is 12.8. The summed E-state index contributed by atoms with van der Waals surface area (Å²) in [4.78, 5) is 12.6. The van der Waals surface area contributed by atoms with Crippen molar-refractivity contribution in [3.8, 4) is 0 Å². The average Bonchev–Trinajstić information content (AvgIpc) is 3.29. The van der Waals surface area contributed by atoms with Gasteiger partial charge in [0.05, 0.1) is 24.7 Å². The maximum atomic E-state index is 12.6. The van der Waals surface area contributed by atoms with Crippen LogP contribution < -0.4 is 9.73 Å². The van der Waals surface area contributed by atoms with Crippen molar-refractivity contribution in [3.05, 3.63) is 112 Å². The van der Waals surface area contributed by atoms with Gasteiger partial charge in [0, 0.05) is 16.1 Å². The fourth-order valence-electron chi connectivity index (χ4n) is 4.54. The summed E-state index contributed by atoms with van der Waals surface area (Å²) < 4.78 is 26.2. The predicted molar refractivity (Wildman–Crippen MR) is 145 cm³/mol. The number of anilines is 1. The van der Waals surface area contributed by atoms with Crippen LogP contribution in [0.25, 0.3) is 10.8 Å². The van der Waals surface area contributed by atoms with Gasteiger partial charge in [-0.2, -0.15) is 5.10 Å². The second kappa shape index (κ2) is 9.76. The standard InChI is InChI=1S/C28H24ClN3O3S/c1-36(34,35)32(18-19-5-13-24(29)14-6-19)25-15-11-22(12-16-25)28(33)31-30-17-23-10-9-21-8-7-20-3-2-4-26(23)27(20)21/h2-6,9-17H,7-8,18H2,1H3,(H,31,33)/b30-17-. The Bertz CT molecular complexity index is 1570. The van der Waals surface area contributed by atoms with Crippen molar-refractivity contribution in [2.75, 3.05) is 10.6 Å². The van der Waals surface area contributed by atoms with Crippen LogP contribution in [0.5, 0.6) is 0 Å². The predicted octanol–water partition coefficient (Wildman–Crippen LogP) is 5.32. The summed E-state index contributed by atoms with van der Waals surface area (Å²) in [5.74, 6) is -0.382. The zero-order chi connectivity index (χ0) is 25.3. The Balaban J connectivity index is 1.30. The van der Waals surface area contributed by atoms with Crippen molar-refractivity contribution in [2.45, 2.75) is 19.4 Å². The van der Waals surface area contributed by atoms with Crippen molar-refractivity contribution in [3.63, 3.8) is 0 Å². The maximum Gasteiger partial charge on any atom is 0.271 e. The molecule has 0 spiro atoms. The third-order valence-electron chi connectivity index (χ3n) is 6.34. The van der Waals surface area contributed by atoms with Gasteiger partial charge in [-0.05, 0) is 76.7 Å². The van der Waals surface area contributed by atoms with Crippen LogP contribution in [0.1, 0.15) is 32.6 Å². The van der Waals surface area contributed by atoms with Crippen LogP contribution in [0.2, 0.25) is 5.02 Å². The van der Waals surface area contributed by atoms with Crippen molar-refractivity contribution >= 4 is 50.2 Å². The van der Waals surface area contributed by atoms with Crippen LogP contribution in [-0.4, -0.2) is 26.8 Å². The first-order valence-electron chi connectivity index (χ1n) is 11.5. The molecule has 4 aromatic rings. The molecule has 0 aromatic heterocycles. The summed E-state index contributed by atoms with van der Waals surface area (Å²) in [5.41, 5.74) is 7.83. The van der Waals surface area contributed by atoms with Gasteiger partial charge in [-0.1, -0.05) is 54.1 Å². The van der Waals surface area contributed by atoms with Gasteiger partial charge in [0.1, 0.15) is 0 Å². The number of nitrogens with zero attached hydrogens (tertiary/aromatic N) is 2. The molecule has 36 heavy (non-hydrogen) atoms. The van der Waals surface area contributed by atoms with Gasteiger partial charge >= 0.3 is 0 Å².